The van der Waals surface area contributed by atoms with Gasteiger partial charge in [0.25, 0.3) is 0 Å². The van der Waals surface area contributed by atoms with Crippen LogP contribution in [0.1, 0.15) is 49.3 Å². The summed E-state index contributed by atoms with van der Waals surface area (Å²) in [6.45, 7) is 1.39. The van der Waals surface area contributed by atoms with E-state index in [0.29, 0.717) is 35.3 Å². The van der Waals surface area contributed by atoms with E-state index in [9.17, 15) is 23.9 Å². The van der Waals surface area contributed by atoms with Crippen LogP contribution in [0, 0.1) is 11.7 Å². The number of carbonyl (C=O) groups is 3. The third kappa shape index (κ3) is 6.75. The normalized spacial score (nSPS) is 16.6. The third-order valence-corrected chi connectivity index (χ3v) is 7.04. The summed E-state index contributed by atoms with van der Waals surface area (Å²) in [5.74, 6) is -1.07. The highest BCUT2D eigenvalue weighted by molar-refractivity contribution is 6.32. The van der Waals surface area contributed by atoms with Crippen LogP contribution in [0.5, 0.6) is 5.75 Å². The second-order valence-electron chi connectivity index (χ2n) is 9.21. The Morgan fingerprint density at radius 2 is 1.83 bits per heavy atom. The van der Waals surface area contributed by atoms with Gasteiger partial charge in [0.1, 0.15) is 18.2 Å². The summed E-state index contributed by atoms with van der Waals surface area (Å²) in [6, 6.07) is 9.18. The first kappa shape index (κ1) is 26.4. The van der Waals surface area contributed by atoms with Crippen molar-refractivity contribution < 1.29 is 28.6 Å². The molecule has 2 amide bonds. The van der Waals surface area contributed by atoms with E-state index in [4.69, 9.17) is 27.9 Å². The molecule has 1 heterocycles. The van der Waals surface area contributed by atoms with Gasteiger partial charge < -0.3 is 9.84 Å². The number of nitrogens with zero attached hydrogens (tertiary/aromatic N) is 2. The number of imide groups is 1. The molecule has 2 aliphatic rings. The lowest BCUT2D eigenvalue weighted by atomic mass is 10.00. The fraction of sp³-hybridized carbons (Fsp3) is 0.423. The maximum Gasteiger partial charge on any atom is 0.305 e. The molecule has 0 unspecified atom stereocenters. The van der Waals surface area contributed by atoms with E-state index in [1.165, 1.54) is 17.0 Å². The zero-order chi connectivity index (χ0) is 25.8. The molecule has 36 heavy (non-hydrogen) atoms. The predicted molar refractivity (Wildman–Crippen MR) is 132 cm³/mol. The Hall–Kier alpha value is -2.68. The number of benzene rings is 2. The standard InChI is InChI=1S/C26H27Cl2FN2O5/c27-19-5-4-18(12-21(19)29)22(13-26(34)35)30(14-16-1-2-16)15-17-3-6-23(20(28)11-17)36-10-9-31-24(32)7-8-25(31)33/h3-6,11-12,16,22H,1-2,7-10,13-15H2,(H,34,35)/t22-/m0/s1. The van der Waals surface area contributed by atoms with E-state index in [0.717, 1.165) is 18.4 Å². The van der Waals surface area contributed by atoms with Crippen LogP contribution in [0.2, 0.25) is 10.0 Å². The highest BCUT2D eigenvalue weighted by Crippen LogP contribution is 2.36. The van der Waals surface area contributed by atoms with Gasteiger partial charge in [-0.1, -0.05) is 35.3 Å². The molecule has 2 aromatic rings. The van der Waals surface area contributed by atoms with E-state index in [2.05, 4.69) is 0 Å². The van der Waals surface area contributed by atoms with E-state index in [1.807, 2.05) is 11.0 Å². The molecule has 10 heteroatoms. The molecule has 0 radical (unpaired) electrons. The summed E-state index contributed by atoms with van der Waals surface area (Å²) in [7, 11) is 0. The van der Waals surface area contributed by atoms with Crippen LogP contribution in [0.3, 0.4) is 0 Å². The number of aliphatic carboxylic acids is 1. The van der Waals surface area contributed by atoms with Crippen LogP contribution in [0.15, 0.2) is 36.4 Å². The van der Waals surface area contributed by atoms with Crippen molar-refractivity contribution >= 4 is 41.0 Å². The Morgan fingerprint density at radius 1 is 1.11 bits per heavy atom. The summed E-state index contributed by atoms with van der Waals surface area (Å²) < 4.78 is 19.9. The zero-order valence-electron chi connectivity index (χ0n) is 19.6. The van der Waals surface area contributed by atoms with Crippen molar-refractivity contribution in [2.24, 2.45) is 5.92 Å². The Kier molecular flexibility index (Phi) is 8.49. The van der Waals surface area contributed by atoms with Gasteiger partial charge in [0.15, 0.2) is 0 Å². The molecule has 1 aliphatic heterocycles. The van der Waals surface area contributed by atoms with Gasteiger partial charge in [-0.2, -0.15) is 0 Å². The van der Waals surface area contributed by atoms with Crippen molar-refractivity contribution in [2.75, 3.05) is 19.7 Å². The van der Waals surface area contributed by atoms with Crippen molar-refractivity contribution in [3.63, 3.8) is 0 Å². The Morgan fingerprint density at radius 3 is 2.44 bits per heavy atom. The first-order valence-electron chi connectivity index (χ1n) is 11.9. The first-order chi connectivity index (χ1) is 17.2. The van der Waals surface area contributed by atoms with Crippen molar-refractivity contribution in [1.82, 2.24) is 9.80 Å². The summed E-state index contributed by atoms with van der Waals surface area (Å²) in [5, 5.41) is 9.93. The van der Waals surface area contributed by atoms with Gasteiger partial charge in [0.05, 0.1) is 23.0 Å². The summed E-state index contributed by atoms with van der Waals surface area (Å²) >= 11 is 12.3. The van der Waals surface area contributed by atoms with Gasteiger partial charge in [-0.15, -0.1) is 0 Å². The number of carboxylic acids is 1. The SMILES string of the molecule is O=C(O)C[C@@H](c1ccc(Cl)c(F)c1)N(Cc1ccc(OCCN2C(=O)CCC2=O)c(Cl)c1)CC1CC1. The van der Waals surface area contributed by atoms with E-state index in [-0.39, 0.29) is 49.3 Å². The number of amides is 2. The molecule has 0 spiro atoms. The summed E-state index contributed by atoms with van der Waals surface area (Å²) in [5.41, 5.74) is 1.40. The topological polar surface area (TPSA) is 87.2 Å². The van der Waals surface area contributed by atoms with Gasteiger partial charge in [-0.25, -0.2) is 4.39 Å². The fourth-order valence-corrected chi connectivity index (χ4v) is 4.77. The van der Waals surface area contributed by atoms with Crippen LogP contribution in [0.25, 0.3) is 0 Å². The zero-order valence-corrected chi connectivity index (χ0v) is 21.1. The number of ether oxygens (including phenoxy) is 1. The lowest BCUT2D eigenvalue weighted by Gasteiger charge is -2.32. The van der Waals surface area contributed by atoms with Crippen LogP contribution < -0.4 is 4.74 Å². The minimum absolute atomic E-state index is 0.0117. The van der Waals surface area contributed by atoms with Gasteiger partial charge in [0.2, 0.25) is 11.8 Å². The molecule has 1 atom stereocenters. The first-order valence-corrected chi connectivity index (χ1v) is 12.6. The van der Waals surface area contributed by atoms with Crippen LogP contribution in [-0.4, -0.2) is 52.4 Å². The average Bonchev–Trinajstić information content (AvgIpc) is 3.59. The van der Waals surface area contributed by atoms with Crippen LogP contribution >= 0.6 is 23.2 Å². The smallest absolute Gasteiger partial charge is 0.305 e. The largest absolute Gasteiger partial charge is 0.490 e. The van der Waals surface area contributed by atoms with Crippen molar-refractivity contribution in [2.45, 2.75) is 44.7 Å². The minimum Gasteiger partial charge on any atom is -0.490 e. The Bertz CT molecular complexity index is 1140. The quantitative estimate of drug-likeness (QED) is 0.380. The molecular formula is C26H27Cl2FN2O5. The maximum absolute atomic E-state index is 14.2. The fourth-order valence-electron chi connectivity index (χ4n) is 4.39. The number of halogens is 3. The molecule has 1 N–H and O–H groups in total. The number of likely N-dealkylation sites (tertiary alicyclic amines) is 1. The van der Waals surface area contributed by atoms with Crippen molar-refractivity contribution in [3.8, 4) is 5.75 Å². The van der Waals surface area contributed by atoms with Crippen molar-refractivity contribution in [1.29, 1.82) is 0 Å². The summed E-state index contributed by atoms with van der Waals surface area (Å²) in [4.78, 5) is 38.4. The Balaban J connectivity index is 1.47. The van der Waals surface area contributed by atoms with E-state index >= 15 is 0 Å². The number of carboxylic acid groups (broad SMARTS) is 1. The molecule has 1 aliphatic carbocycles. The minimum atomic E-state index is -0.979. The molecule has 1 saturated heterocycles. The molecule has 4 rings (SSSR count). The highest BCUT2D eigenvalue weighted by atomic mass is 35.5. The van der Waals surface area contributed by atoms with E-state index in [1.54, 1.807) is 18.2 Å². The lowest BCUT2D eigenvalue weighted by molar-refractivity contribution is -0.140. The summed E-state index contributed by atoms with van der Waals surface area (Å²) in [6.07, 6.45) is 2.42. The maximum atomic E-state index is 14.2. The molecule has 2 aromatic carbocycles. The van der Waals surface area contributed by atoms with Gasteiger partial charge in [0, 0.05) is 32.0 Å². The molecule has 192 valence electrons. The molecular weight excluding hydrogens is 510 g/mol. The van der Waals surface area contributed by atoms with Crippen LogP contribution in [0.4, 0.5) is 4.39 Å². The Labute approximate surface area is 218 Å². The second kappa shape index (κ2) is 11.6. The van der Waals surface area contributed by atoms with Gasteiger partial charge in [-0.3, -0.25) is 24.2 Å². The number of carbonyl (C=O) groups excluding carboxylic acids is 2. The molecule has 0 aromatic heterocycles. The number of hydrogen-bond acceptors (Lipinski definition) is 5. The average molecular weight is 537 g/mol. The van der Waals surface area contributed by atoms with E-state index < -0.39 is 17.8 Å². The molecule has 2 fully saturated rings. The molecule has 7 nitrogen and oxygen atoms in total. The monoisotopic (exact) mass is 536 g/mol. The lowest BCUT2D eigenvalue weighted by Crippen LogP contribution is -2.33. The third-order valence-electron chi connectivity index (χ3n) is 6.44. The second-order valence-corrected chi connectivity index (χ2v) is 10.0. The number of rotatable bonds is 12. The van der Waals surface area contributed by atoms with Crippen molar-refractivity contribution in [3.05, 3.63) is 63.4 Å². The van der Waals surface area contributed by atoms with Gasteiger partial charge in [-0.05, 0) is 54.2 Å². The highest BCUT2D eigenvalue weighted by Gasteiger charge is 2.31. The molecule has 0 bridgehead atoms. The predicted octanol–water partition coefficient (Wildman–Crippen LogP) is 5.09. The number of hydrogen-bond donors (Lipinski definition) is 1. The molecule has 1 saturated carbocycles. The van der Waals surface area contributed by atoms with Gasteiger partial charge >= 0.3 is 5.97 Å². The van der Waals surface area contributed by atoms with Crippen LogP contribution in [-0.2, 0) is 20.9 Å².